The van der Waals surface area contributed by atoms with Crippen LogP contribution >= 0.6 is 11.6 Å². The van der Waals surface area contributed by atoms with Gasteiger partial charge in [0.15, 0.2) is 0 Å². The quantitative estimate of drug-likeness (QED) is 0.460. The number of carbonyl (C=O) groups excluding carboxylic acids is 2. The van der Waals surface area contributed by atoms with Crippen LogP contribution in [0.1, 0.15) is 17.4 Å². The lowest BCUT2D eigenvalue weighted by molar-refractivity contribution is -0.137. The van der Waals surface area contributed by atoms with Crippen LogP contribution in [0, 0.1) is 0 Å². The van der Waals surface area contributed by atoms with Crippen LogP contribution in [0.15, 0.2) is 60.8 Å². The monoisotopic (exact) mass is 465 g/mol. The minimum atomic E-state index is -4.65. The number of anilines is 2. The number of carbonyl (C=O) groups is 2. The number of pyridine rings is 1. The number of benzene rings is 2. The van der Waals surface area contributed by atoms with E-state index in [0.717, 1.165) is 12.1 Å². The summed E-state index contributed by atoms with van der Waals surface area (Å²) in [6, 6.07) is 11.4. The summed E-state index contributed by atoms with van der Waals surface area (Å²) in [5, 5.41) is 6.65. The number of halogens is 4. The summed E-state index contributed by atoms with van der Waals surface area (Å²) in [7, 11) is -0.283. The van der Waals surface area contributed by atoms with E-state index in [1.54, 1.807) is 18.2 Å². The summed E-state index contributed by atoms with van der Waals surface area (Å²) in [5.74, 6) is 0.220. The fourth-order valence-electron chi connectivity index (χ4n) is 2.55. The molecule has 3 N–H and O–H groups in total. The third-order valence-corrected chi connectivity index (χ3v) is 4.33. The third-order valence-electron chi connectivity index (χ3n) is 4.00. The molecule has 0 aliphatic carbocycles. The lowest BCUT2D eigenvalue weighted by atomic mass is 10.2. The number of amides is 3. The molecule has 3 amide bonds. The molecular weight excluding hydrogens is 449 g/mol. The first-order valence-corrected chi connectivity index (χ1v) is 9.29. The first-order chi connectivity index (χ1) is 15.7. The average molecular weight is 466 g/mol. The summed E-state index contributed by atoms with van der Waals surface area (Å²) < 4.78 is 51.5. The van der Waals surface area contributed by atoms with Gasteiger partial charge in [0.1, 0.15) is 17.2 Å². The Kier molecular flexibility index (Phi) is 6.41. The highest BCUT2D eigenvalue weighted by atomic mass is 35.5. The molecule has 0 fully saturated rings. The Balaban J connectivity index is 1.61. The second-order valence-corrected chi connectivity index (χ2v) is 6.69. The number of nitrogens with zero attached hydrogens (tertiary/aromatic N) is 1. The zero-order valence-electron chi connectivity index (χ0n) is 17.2. The fraction of sp³-hybridized carbons (Fsp3) is 0.0952. The van der Waals surface area contributed by atoms with Crippen molar-refractivity contribution in [2.24, 2.45) is 0 Å². The summed E-state index contributed by atoms with van der Waals surface area (Å²) >= 11 is 5.57. The molecule has 0 spiro atoms. The molecule has 0 atom stereocenters. The van der Waals surface area contributed by atoms with Gasteiger partial charge in [-0.2, -0.15) is 13.2 Å². The van der Waals surface area contributed by atoms with Crippen molar-refractivity contribution in [1.29, 1.82) is 0 Å². The lowest BCUT2D eigenvalue weighted by Crippen LogP contribution is -2.19. The Morgan fingerprint density at radius 3 is 2.38 bits per heavy atom. The molecule has 0 saturated carbocycles. The number of aromatic nitrogens is 1. The molecule has 0 aliphatic heterocycles. The topological polar surface area (TPSA) is 92.4 Å². The minimum absolute atomic E-state index is 0.0767. The number of nitrogens with one attached hydrogen (secondary N) is 3. The van der Waals surface area contributed by atoms with Crippen molar-refractivity contribution < 1.29 is 28.9 Å². The molecule has 0 radical (unpaired) electrons. The van der Waals surface area contributed by atoms with Gasteiger partial charge in [0.25, 0.3) is 5.91 Å². The molecule has 166 valence electrons. The van der Waals surface area contributed by atoms with Gasteiger partial charge >= 0.3 is 12.2 Å². The van der Waals surface area contributed by atoms with Gasteiger partial charge in [-0.3, -0.25) is 9.78 Å². The van der Waals surface area contributed by atoms with Crippen LogP contribution in [0.4, 0.5) is 29.3 Å². The molecule has 0 bridgehead atoms. The fourth-order valence-corrected chi connectivity index (χ4v) is 2.77. The van der Waals surface area contributed by atoms with Crippen LogP contribution in [0.2, 0.25) is 5.02 Å². The van der Waals surface area contributed by atoms with Gasteiger partial charge in [-0.25, -0.2) is 4.79 Å². The molecule has 2 aromatic carbocycles. The summed E-state index contributed by atoms with van der Waals surface area (Å²) in [5.41, 5.74) is -0.687. The van der Waals surface area contributed by atoms with Crippen LogP contribution in [0.5, 0.6) is 11.5 Å². The Morgan fingerprint density at radius 1 is 1.00 bits per heavy atom. The predicted molar refractivity (Wildman–Crippen MR) is 113 cm³/mol. The van der Waals surface area contributed by atoms with Crippen molar-refractivity contribution in [3.8, 4) is 11.5 Å². The molecule has 3 aromatic rings. The van der Waals surface area contributed by atoms with Crippen molar-refractivity contribution in [2.45, 2.75) is 6.18 Å². The maximum Gasteiger partial charge on any atom is 0.417 e. The van der Waals surface area contributed by atoms with E-state index in [9.17, 15) is 22.8 Å². The molecule has 0 saturated heterocycles. The second kappa shape index (κ2) is 9.56. The van der Waals surface area contributed by atoms with E-state index in [1.165, 1.54) is 30.5 Å². The molecule has 7 nitrogen and oxygen atoms in total. The smallest absolute Gasteiger partial charge is 0.417 e. The zero-order valence-corrected chi connectivity index (χ0v) is 16.9. The van der Waals surface area contributed by atoms with E-state index in [1.807, 2.05) is 0 Å². The average Bonchev–Trinajstić information content (AvgIpc) is 2.76. The van der Waals surface area contributed by atoms with Crippen LogP contribution in [-0.4, -0.2) is 23.9 Å². The maximum absolute atomic E-state index is 12.9. The highest BCUT2D eigenvalue weighted by Gasteiger charge is 2.33. The summed E-state index contributed by atoms with van der Waals surface area (Å²) in [4.78, 5) is 27.8. The first-order valence-electron chi connectivity index (χ1n) is 9.62. The molecule has 0 unspecified atom stereocenters. The number of hydrogen-bond acceptors (Lipinski definition) is 4. The number of ether oxygens (including phenoxy) is 1. The van der Waals surface area contributed by atoms with Gasteiger partial charge < -0.3 is 20.7 Å². The molecule has 32 heavy (non-hydrogen) atoms. The highest BCUT2D eigenvalue weighted by molar-refractivity contribution is 6.31. The second-order valence-electron chi connectivity index (χ2n) is 6.28. The van der Waals surface area contributed by atoms with E-state index in [-0.39, 0.29) is 18.4 Å². The maximum atomic E-state index is 12.9. The third kappa shape index (κ3) is 5.88. The first kappa shape index (κ1) is 21.4. The van der Waals surface area contributed by atoms with Crippen LogP contribution in [-0.2, 0) is 6.18 Å². The van der Waals surface area contributed by atoms with Crippen LogP contribution < -0.4 is 20.7 Å². The van der Waals surface area contributed by atoms with Crippen molar-refractivity contribution in [3.05, 3.63) is 77.1 Å². The van der Waals surface area contributed by atoms with Gasteiger partial charge in [0, 0.05) is 32.0 Å². The predicted octanol–water partition coefficient (Wildman–Crippen LogP) is 5.55. The van der Waals surface area contributed by atoms with Crippen molar-refractivity contribution in [3.63, 3.8) is 0 Å². The normalized spacial score (nSPS) is 11.3. The van der Waals surface area contributed by atoms with Crippen LogP contribution in [0.3, 0.4) is 0 Å². The number of rotatable bonds is 5. The van der Waals surface area contributed by atoms with E-state index in [0.29, 0.717) is 17.2 Å². The minimum Gasteiger partial charge on any atom is -0.457 e. The Hall–Kier alpha value is -3.79. The van der Waals surface area contributed by atoms with Crippen molar-refractivity contribution >= 4 is 34.9 Å². The van der Waals surface area contributed by atoms with E-state index in [4.69, 9.17) is 17.7 Å². The number of urea groups is 1. The summed E-state index contributed by atoms with van der Waals surface area (Å²) in [6.45, 7) is 0. The molecule has 0 aliphatic rings. The molecule has 3 rings (SSSR count). The van der Waals surface area contributed by atoms with Crippen molar-refractivity contribution in [2.75, 3.05) is 17.7 Å². The molecule has 1 aromatic heterocycles. The van der Waals surface area contributed by atoms with E-state index < -0.39 is 28.7 Å². The van der Waals surface area contributed by atoms with Gasteiger partial charge in [-0.1, -0.05) is 11.6 Å². The van der Waals surface area contributed by atoms with Gasteiger partial charge in [0.2, 0.25) is 0 Å². The molecule has 11 heteroatoms. The largest absolute Gasteiger partial charge is 0.457 e. The van der Waals surface area contributed by atoms with Gasteiger partial charge in [0.05, 0.1) is 10.6 Å². The standard InChI is InChI=1S/C21H16ClF3N4O3/c1-26-19(30)18-11-15(8-9-27-18)32-14-5-2-12(3-6-14)28-20(31)29-13-4-7-17(22)16(10-13)21(23,24)25/h2-11H,1H3,(H,26,30)(H2,28,29,31)/i1D. The Bertz CT molecular complexity index is 1160. The molecule has 1 heterocycles. The van der Waals surface area contributed by atoms with Gasteiger partial charge in [-0.15, -0.1) is 0 Å². The number of hydrogen-bond donors (Lipinski definition) is 3. The SMILES string of the molecule is [2H]CNC(=O)c1cc(Oc2ccc(NC(=O)Nc3ccc(Cl)c(C(F)(F)F)c3)cc2)ccn1. The van der Waals surface area contributed by atoms with E-state index in [2.05, 4.69) is 20.9 Å². The highest BCUT2D eigenvalue weighted by Crippen LogP contribution is 2.36. The Morgan fingerprint density at radius 2 is 1.69 bits per heavy atom. The zero-order chi connectivity index (χ0) is 24.0. The van der Waals surface area contributed by atoms with Crippen LogP contribution in [0.25, 0.3) is 0 Å². The Labute approximate surface area is 187 Å². The van der Waals surface area contributed by atoms with E-state index >= 15 is 0 Å². The molecular formula is C21H16ClF3N4O3. The van der Waals surface area contributed by atoms with Gasteiger partial charge in [-0.05, 0) is 48.5 Å². The summed E-state index contributed by atoms with van der Waals surface area (Å²) in [6.07, 6.45) is -3.27. The van der Waals surface area contributed by atoms with Crippen molar-refractivity contribution in [1.82, 2.24) is 10.3 Å². The lowest BCUT2D eigenvalue weighted by Gasteiger charge is -2.12. The number of alkyl halides is 3.